The summed E-state index contributed by atoms with van der Waals surface area (Å²) in [5.74, 6) is -0.0638. The Bertz CT molecular complexity index is 972. The van der Waals surface area contributed by atoms with Gasteiger partial charge in [-0.2, -0.15) is 0 Å². The minimum Gasteiger partial charge on any atom is -0.478 e. The Hall–Kier alpha value is -2.30. The van der Waals surface area contributed by atoms with Crippen molar-refractivity contribution in [1.82, 2.24) is 9.88 Å². The van der Waals surface area contributed by atoms with Crippen molar-refractivity contribution in [3.05, 3.63) is 70.9 Å². The average Bonchev–Trinajstić information content (AvgIpc) is 2.99. The van der Waals surface area contributed by atoms with Gasteiger partial charge in [0.2, 0.25) is 0 Å². The highest BCUT2D eigenvalue weighted by Gasteiger charge is 2.17. The van der Waals surface area contributed by atoms with Crippen LogP contribution in [0.4, 0.5) is 0 Å². The van der Waals surface area contributed by atoms with Crippen LogP contribution in [-0.2, 0) is 13.0 Å². The molecule has 0 bridgehead atoms. The van der Waals surface area contributed by atoms with Crippen molar-refractivity contribution in [2.75, 3.05) is 13.1 Å². The van der Waals surface area contributed by atoms with Gasteiger partial charge in [-0.3, -0.25) is 0 Å². The number of aryl methyl sites for hydroxylation is 1. The Kier molecular flexibility index (Phi) is 6.99. The number of carboxylic acid groups (broad SMARTS) is 1. The number of benzene rings is 2. The van der Waals surface area contributed by atoms with Crippen molar-refractivity contribution in [3.8, 4) is 0 Å². The lowest BCUT2D eigenvalue weighted by molar-refractivity contribution is 0.0697. The molecule has 4 nitrogen and oxygen atoms in total. The summed E-state index contributed by atoms with van der Waals surface area (Å²) in [6.07, 6.45) is 4.61. The maximum absolute atomic E-state index is 11.1. The summed E-state index contributed by atoms with van der Waals surface area (Å²) in [4.78, 5) is 11.1. The average molecular weight is 413 g/mol. The SMILES string of the molecule is Cc1c(Cc2ccc(C(=O)O)cc2)c2ccccc2n1CCC1CCNCC1.Cl. The van der Waals surface area contributed by atoms with Gasteiger partial charge in [-0.15, -0.1) is 12.4 Å². The Morgan fingerprint density at radius 1 is 1.10 bits per heavy atom. The van der Waals surface area contributed by atoms with E-state index >= 15 is 0 Å². The highest BCUT2D eigenvalue weighted by Crippen LogP contribution is 2.29. The molecule has 2 aromatic carbocycles. The van der Waals surface area contributed by atoms with Gasteiger partial charge in [0.05, 0.1) is 5.56 Å². The smallest absolute Gasteiger partial charge is 0.335 e. The van der Waals surface area contributed by atoms with Crippen LogP contribution in [0.5, 0.6) is 0 Å². The fourth-order valence-electron chi connectivity index (χ4n) is 4.47. The summed E-state index contributed by atoms with van der Waals surface area (Å²) in [5.41, 5.74) is 5.48. The van der Waals surface area contributed by atoms with Crippen molar-refractivity contribution >= 4 is 29.3 Å². The number of aromatic carboxylic acids is 1. The lowest BCUT2D eigenvalue weighted by Gasteiger charge is -2.23. The number of piperidine rings is 1. The van der Waals surface area contributed by atoms with E-state index < -0.39 is 5.97 Å². The van der Waals surface area contributed by atoms with Crippen molar-refractivity contribution in [2.45, 2.75) is 39.2 Å². The molecule has 1 aromatic heterocycles. The lowest BCUT2D eigenvalue weighted by Crippen LogP contribution is -2.28. The molecule has 2 heterocycles. The quantitative estimate of drug-likeness (QED) is 0.595. The number of rotatable bonds is 6. The molecule has 0 atom stereocenters. The molecule has 1 aliphatic heterocycles. The highest BCUT2D eigenvalue weighted by atomic mass is 35.5. The minimum atomic E-state index is -0.878. The van der Waals surface area contributed by atoms with Crippen LogP contribution in [0.15, 0.2) is 48.5 Å². The first kappa shape index (κ1) is 21.4. The van der Waals surface area contributed by atoms with Gasteiger partial charge in [0.15, 0.2) is 0 Å². The van der Waals surface area contributed by atoms with E-state index in [0.717, 1.165) is 37.5 Å². The third-order valence-electron chi connectivity index (χ3n) is 6.16. The van der Waals surface area contributed by atoms with E-state index in [1.165, 1.54) is 41.4 Å². The standard InChI is InChI=1S/C24H28N2O2.ClH/c1-17-22(16-19-6-8-20(9-7-19)24(27)28)21-4-2-3-5-23(21)26(17)15-12-18-10-13-25-14-11-18;/h2-9,18,25H,10-16H2,1H3,(H,27,28);1H. The summed E-state index contributed by atoms with van der Waals surface area (Å²) in [7, 11) is 0. The zero-order valence-electron chi connectivity index (χ0n) is 16.9. The molecule has 0 saturated carbocycles. The zero-order valence-corrected chi connectivity index (χ0v) is 17.7. The maximum atomic E-state index is 11.1. The predicted molar refractivity (Wildman–Crippen MR) is 120 cm³/mol. The van der Waals surface area contributed by atoms with Crippen molar-refractivity contribution < 1.29 is 9.90 Å². The number of carbonyl (C=O) groups is 1. The third kappa shape index (κ3) is 4.65. The highest BCUT2D eigenvalue weighted by molar-refractivity contribution is 5.88. The summed E-state index contributed by atoms with van der Waals surface area (Å²) < 4.78 is 2.48. The summed E-state index contributed by atoms with van der Waals surface area (Å²) >= 11 is 0. The lowest BCUT2D eigenvalue weighted by atomic mass is 9.95. The first-order chi connectivity index (χ1) is 13.6. The van der Waals surface area contributed by atoms with Crippen molar-refractivity contribution in [1.29, 1.82) is 0 Å². The van der Waals surface area contributed by atoms with Gasteiger partial charge in [-0.1, -0.05) is 30.3 Å². The van der Waals surface area contributed by atoms with Crippen LogP contribution in [0.3, 0.4) is 0 Å². The molecule has 0 aliphatic carbocycles. The number of nitrogens with zero attached hydrogens (tertiary/aromatic N) is 1. The monoisotopic (exact) mass is 412 g/mol. The van der Waals surface area contributed by atoms with Crippen LogP contribution in [0.1, 0.15) is 46.4 Å². The molecule has 1 fully saturated rings. The Morgan fingerprint density at radius 2 is 1.79 bits per heavy atom. The fourth-order valence-corrected chi connectivity index (χ4v) is 4.47. The molecule has 1 aliphatic rings. The Balaban J connectivity index is 0.00000240. The molecular formula is C24H29ClN2O2. The van der Waals surface area contributed by atoms with Gasteiger partial charge in [0, 0.05) is 23.1 Å². The van der Waals surface area contributed by atoms with Gasteiger partial charge >= 0.3 is 5.97 Å². The number of nitrogens with one attached hydrogen (secondary N) is 1. The van der Waals surface area contributed by atoms with Crippen LogP contribution < -0.4 is 5.32 Å². The van der Waals surface area contributed by atoms with Crippen molar-refractivity contribution in [2.24, 2.45) is 5.92 Å². The van der Waals surface area contributed by atoms with E-state index in [-0.39, 0.29) is 12.4 Å². The second-order valence-electron chi connectivity index (χ2n) is 7.89. The summed E-state index contributed by atoms with van der Waals surface area (Å²) in [6.45, 7) is 5.58. The van der Waals surface area contributed by atoms with Crippen LogP contribution in [-0.4, -0.2) is 28.7 Å². The van der Waals surface area contributed by atoms with E-state index in [2.05, 4.69) is 41.1 Å². The molecule has 0 radical (unpaired) electrons. The first-order valence-corrected chi connectivity index (χ1v) is 10.2. The number of carboxylic acids is 1. The molecule has 0 amide bonds. The minimum absolute atomic E-state index is 0. The Labute approximate surface area is 178 Å². The zero-order chi connectivity index (χ0) is 19.5. The molecule has 1 saturated heterocycles. The Morgan fingerprint density at radius 3 is 2.48 bits per heavy atom. The third-order valence-corrected chi connectivity index (χ3v) is 6.16. The normalized spacial score (nSPS) is 14.7. The van der Waals surface area contributed by atoms with E-state index in [0.29, 0.717) is 5.56 Å². The predicted octanol–water partition coefficient (Wildman–Crippen LogP) is 5.05. The number of halogens is 1. The number of fused-ring (bicyclic) bond motifs is 1. The van der Waals surface area contributed by atoms with E-state index in [4.69, 9.17) is 5.11 Å². The second-order valence-corrected chi connectivity index (χ2v) is 7.89. The van der Waals surface area contributed by atoms with Gasteiger partial charge in [0.1, 0.15) is 0 Å². The van der Waals surface area contributed by atoms with Gasteiger partial charge < -0.3 is 15.0 Å². The molecule has 29 heavy (non-hydrogen) atoms. The van der Waals surface area contributed by atoms with E-state index in [1.807, 2.05) is 12.1 Å². The molecular weight excluding hydrogens is 384 g/mol. The maximum Gasteiger partial charge on any atom is 0.335 e. The molecule has 5 heteroatoms. The van der Waals surface area contributed by atoms with Gasteiger partial charge in [-0.25, -0.2) is 4.79 Å². The van der Waals surface area contributed by atoms with E-state index in [1.54, 1.807) is 12.1 Å². The molecule has 4 rings (SSSR count). The fraction of sp³-hybridized carbons (Fsp3) is 0.375. The first-order valence-electron chi connectivity index (χ1n) is 10.2. The number of para-hydroxylation sites is 1. The van der Waals surface area contributed by atoms with Crippen LogP contribution >= 0.6 is 12.4 Å². The summed E-state index contributed by atoms with van der Waals surface area (Å²) in [6, 6.07) is 15.9. The molecule has 0 spiro atoms. The van der Waals surface area contributed by atoms with Crippen LogP contribution in [0.25, 0.3) is 10.9 Å². The topological polar surface area (TPSA) is 54.3 Å². The number of aromatic nitrogens is 1. The number of hydrogen-bond donors (Lipinski definition) is 2. The number of hydrogen-bond acceptors (Lipinski definition) is 2. The van der Waals surface area contributed by atoms with E-state index in [9.17, 15) is 4.79 Å². The summed E-state index contributed by atoms with van der Waals surface area (Å²) in [5, 5.41) is 13.9. The molecule has 154 valence electrons. The second kappa shape index (κ2) is 9.47. The van der Waals surface area contributed by atoms with Crippen molar-refractivity contribution in [3.63, 3.8) is 0 Å². The molecule has 2 N–H and O–H groups in total. The van der Waals surface area contributed by atoms with Gasteiger partial charge in [-0.05, 0) is 80.9 Å². The van der Waals surface area contributed by atoms with Gasteiger partial charge in [0.25, 0.3) is 0 Å². The molecule has 0 unspecified atom stereocenters. The molecule has 3 aromatic rings. The van der Waals surface area contributed by atoms with Crippen LogP contribution in [0, 0.1) is 12.8 Å². The largest absolute Gasteiger partial charge is 0.478 e. The van der Waals surface area contributed by atoms with Crippen LogP contribution in [0.2, 0.25) is 0 Å².